The zero-order valence-electron chi connectivity index (χ0n) is 10.5. The Bertz CT molecular complexity index is 676. The number of carbonyl (C=O) groups is 1. The summed E-state index contributed by atoms with van der Waals surface area (Å²) in [7, 11) is 1.48. The molecule has 0 heterocycles. The lowest BCUT2D eigenvalue weighted by Gasteiger charge is -2.19. The van der Waals surface area contributed by atoms with Gasteiger partial charge in [-0.1, -0.05) is 15.9 Å². The highest BCUT2D eigenvalue weighted by Crippen LogP contribution is 2.27. The van der Waals surface area contributed by atoms with Crippen molar-refractivity contribution in [2.24, 2.45) is 0 Å². The minimum absolute atomic E-state index is 0.212. The summed E-state index contributed by atoms with van der Waals surface area (Å²) in [6, 6.07) is 7.81. The summed E-state index contributed by atoms with van der Waals surface area (Å²) < 4.78 is 27.2. The molecule has 0 unspecified atom stereocenters. The number of benzene rings is 2. The number of carbonyl (C=O) groups excluding carboxylic acids is 1. The second-order valence-electron chi connectivity index (χ2n) is 4.19. The molecule has 0 atom stereocenters. The van der Waals surface area contributed by atoms with Gasteiger partial charge in [-0.3, -0.25) is 4.79 Å². The molecule has 0 aliphatic carbocycles. The van der Waals surface area contributed by atoms with E-state index in [1.54, 1.807) is 18.2 Å². The number of nitrogens with two attached hydrogens (primary N) is 1. The van der Waals surface area contributed by atoms with Crippen LogP contribution in [0.2, 0.25) is 0 Å². The Morgan fingerprint density at radius 1 is 1.20 bits per heavy atom. The third-order valence-corrected chi connectivity index (χ3v) is 3.31. The molecule has 104 valence electrons. The van der Waals surface area contributed by atoms with Gasteiger partial charge in [0, 0.05) is 17.6 Å². The predicted molar refractivity (Wildman–Crippen MR) is 77.6 cm³/mol. The van der Waals surface area contributed by atoms with E-state index >= 15 is 0 Å². The molecule has 2 N–H and O–H groups in total. The van der Waals surface area contributed by atoms with Crippen LogP contribution in [-0.2, 0) is 0 Å². The van der Waals surface area contributed by atoms with Gasteiger partial charge in [0.1, 0.15) is 11.6 Å². The van der Waals surface area contributed by atoms with Gasteiger partial charge >= 0.3 is 0 Å². The lowest BCUT2D eigenvalue weighted by Crippen LogP contribution is -2.27. The number of nitrogens with zero attached hydrogens (tertiary/aromatic N) is 1. The van der Waals surface area contributed by atoms with Gasteiger partial charge in [-0.05, 0) is 30.3 Å². The van der Waals surface area contributed by atoms with Gasteiger partial charge in [-0.25, -0.2) is 8.78 Å². The van der Waals surface area contributed by atoms with E-state index in [1.807, 2.05) is 0 Å². The number of hydrogen-bond acceptors (Lipinski definition) is 2. The van der Waals surface area contributed by atoms with Crippen molar-refractivity contribution in [3.8, 4) is 0 Å². The molecule has 3 nitrogen and oxygen atoms in total. The van der Waals surface area contributed by atoms with Crippen LogP contribution >= 0.6 is 15.9 Å². The second kappa shape index (κ2) is 5.58. The molecular formula is C14H11BrF2N2O. The van der Waals surface area contributed by atoms with E-state index in [0.29, 0.717) is 17.4 Å². The molecular weight excluding hydrogens is 330 g/mol. The van der Waals surface area contributed by atoms with Crippen LogP contribution in [0.4, 0.5) is 20.2 Å². The van der Waals surface area contributed by atoms with Gasteiger partial charge < -0.3 is 10.6 Å². The number of rotatable bonds is 2. The zero-order chi connectivity index (χ0) is 14.9. The first-order valence-corrected chi connectivity index (χ1v) is 6.47. The summed E-state index contributed by atoms with van der Waals surface area (Å²) in [5, 5.41) is 0. The van der Waals surface area contributed by atoms with Crippen molar-refractivity contribution in [1.29, 1.82) is 0 Å². The van der Waals surface area contributed by atoms with Crippen molar-refractivity contribution in [3.63, 3.8) is 0 Å². The molecule has 0 bridgehead atoms. The highest BCUT2D eigenvalue weighted by atomic mass is 79.9. The molecule has 20 heavy (non-hydrogen) atoms. The summed E-state index contributed by atoms with van der Waals surface area (Å²) >= 11 is 3.26. The van der Waals surface area contributed by atoms with Crippen molar-refractivity contribution in [3.05, 3.63) is 58.1 Å². The van der Waals surface area contributed by atoms with Crippen molar-refractivity contribution in [1.82, 2.24) is 0 Å². The third kappa shape index (κ3) is 2.80. The van der Waals surface area contributed by atoms with Crippen LogP contribution in [0.5, 0.6) is 0 Å². The number of nitrogen functional groups attached to an aromatic ring is 1. The molecule has 2 rings (SSSR count). The Labute approximate surface area is 123 Å². The molecule has 0 aliphatic heterocycles. The zero-order valence-corrected chi connectivity index (χ0v) is 12.1. The number of amides is 1. The van der Waals surface area contributed by atoms with E-state index in [1.165, 1.54) is 11.9 Å². The van der Waals surface area contributed by atoms with E-state index in [4.69, 9.17) is 5.73 Å². The molecule has 0 saturated carbocycles. The van der Waals surface area contributed by atoms with Crippen LogP contribution in [0, 0.1) is 11.6 Å². The van der Waals surface area contributed by atoms with Crippen molar-refractivity contribution < 1.29 is 13.6 Å². The first-order chi connectivity index (χ1) is 9.40. The maximum atomic E-state index is 13.6. The normalized spacial score (nSPS) is 10.4. The quantitative estimate of drug-likeness (QED) is 0.849. The van der Waals surface area contributed by atoms with Crippen molar-refractivity contribution >= 4 is 33.2 Å². The second-order valence-corrected chi connectivity index (χ2v) is 5.11. The molecule has 0 fully saturated rings. The standard InChI is InChI=1S/C14H11BrF2N2O/c1-19(13-5-2-8(15)6-12(13)18)14(20)10-4-3-9(16)7-11(10)17/h2-7H,18H2,1H3. The van der Waals surface area contributed by atoms with Crippen LogP contribution in [0.15, 0.2) is 40.9 Å². The van der Waals surface area contributed by atoms with Gasteiger partial charge in [0.2, 0.25) is 0 Å². The van der Waals surface area contributed by atoms with Gasteiger partial charge in [0.15, 0.2) is 0 Å². The summed E-state index contributed by atoms with van der Waals surface area (Å²) in [6.07, 6.45) is 0. The van der Waals surface area contributed by atoms with Crippen molar-refractivity contribution in [2.75, 3.05) is 17.7 Å². The smallest absolute Gasteiger partial charge is 0.261 e. The first-order valence-electron chi connectivity index (χ1n) is 5.68. The van der Waals surface area contributed by atoms with E-state index in [9.17, 15) is 13.6 Å². The van der Waals surface area contributed by atoms with Crippen LogP contribution in [-0.4, -0.2) is 13.0 Å². The minimum atomic E-state index is -0.905. The molecule has 1 amide bonds. The summed E-state index contributed by atoms with van der Waals surface area (Å²) in [5.74, 6) is -2.24. The Morgan fingerprint density at radius 2 is 1.90 bits per heavy atom. The van der Waals surface area contributed by atoms with E-state index < -0.39 is 17.5 Å². The fourth-order valence-electron chi connectivity index (χ4n) is 1.78. The summed E-state index contributed by atoms with van der Waals surface area (Å²) in [5.41, 5.74) is 6.43. The fourth-order valence-corrected chi connectivity index (χ4v) is 2.16. The number of anilines is 2. The Morgan fingerprint density at radius 3 is 2.50 bits per heavy atom. The predicted octanol–water partition coefficient (Wildman–Crippen LogP) is 3.59. The lowest BCUT2D eigenvalue weighted by molar-refractivity contribution is 0.0989. The SMILES string of the molecule is CN(C(=O)c1ccc(F)cc1F)c1ccc(Br)cc1N. The number of halogens is 3. The van der Waals surface area contributed by atoms with Gasteiger partial charge in [-0.15, -0.1) is 0 Å². The minimum Gasteiger partial charge on any atom is -0.397 e. The topological polar surface area (TPSA) is 46.3 Å². The van der Waals surface area contributed by atoms with Gasteiger partial charge in [-0.2, -0.15) is 0 Å². The Hall–Kier alpha value is -1.95. The summed E-state index contributed by atoms with van der Waals surface area (Å²) in [4.78, 5) is 13.4. The molecule has 0 aromatic heterocycles. The average molecular weight is 341 g/mol. The fraction of sp³-hybridized carbons (Fsp3) is 0.0714. The molecule has 0 radical (unpaired) electrons. The highest BCUT2D eigenvalue weighted by molar-refractivity contribution is 9.10. The van der Waals surface area contributed by atoms with E-state index in [-0.39, 0.29) is 5.56 Å². The van der Waals surface area contributed by atoms with Gasteiger partial charge in [0.05, 0.1) is 16.9 Å². The largest absolute Gasteiger partial charge is 0.397 e. The van der Waals surface area contributed by atoms with Crippen LogP contribution in [0.1, 0.15) is 10.4 Å². The maximum Gasteiger partial charge on any atom is 0.261 e. The van der Waals surface area contributed by atoms with E-state index in [0.717, 1.165) is 16.6 Å². The molecule has 2 aromatic carbocycles. The Balaban J connectivity index is 2.37. The van der Waals surface area contributed by atoms with Crippen LogP contribution in [0.25, 0.3) is 0 Å². The highest BCUT2D eigenvalue weighted by Gasteiger charge is 2.19. The molecule has 2 aromatic rings. The number of hydrogen-bond donors (Lipinski definition) is 1. The first kappa shape index (κ1) is 14.5. The molecule has 6 heteroatoms. The lowest BCUT2D eigenvalue weighted by atomic mass is 10.1. The molecule has 0 saturated heterocycles. The Kier molecular flexibility index (Phi) is 4.04. The summed E-state index contributed by atoms with van der Waals surface area (Å²) in [6.45, 7) is 0. The van der Waals surface area contributed by atoms with E-state index in [2.05, 4.69) is 15.9 Å². The third-order valence-electron chi connectivity index (χ3n) is 2.82. The van der Waals surface area contributed by atoms with Gasteiger partial charge in [0.25, 0.3) is 5.91 Å². The molecule has 0 aliphatic rings. The van der Waals surface area contributed by atoms with Crippen molar-refractivity contribution in [2.45, 2.75) is 0 Å². The average Bonchev–Trinajstić information content (AvgIpc) is 2.37. The van der Waals surface area contributed by atoms with Crippen LogP contribution in [0.3, 0.4) is 0 Å². The maximum absolute atomic E-state index is 13.6. The monoisotopic (exact) mass is 340 g/mol. The molecule has 0 spiro atoms. The van der Waals surface area contributed by atoms with Crippen LogP contribution < -0.4 is 10.6 Å².